The number of hydrogen-bond donors (Lipinski definition) is 1. The van der Waals surface area contributed by atoms with Crippen LogP contribution in [-0.2, 0) is 4.74 Å². The van der Waals surface area contributed by atoms with E-state index in [1.807, 2.05) is 7.11 Å². The molecule has 3 heteroatoms. The predicted molar refractivity (Wildman–Crippen MR) is 62.1 cm³/mol. The molecule has 0 amide bonds. The standard InChI is InChI=1S/C12H24N2O/c1-15-12-5-9-14(10-12)8-4-11-2-6-13-7-3-11/h11-13H,2-10H2,1H3/t12-/m1/s1. The monoisotopic (exact) mass is 212 g/mol. The molecule has 3 nitrogen and oxygen atoms in total. The first-order valence-corrected chi connectivity index (χ1v) is 6.34. The Morgan fingerprint density at radius 2 is 2.07 bits per heavy atom. The minimum atomic E-state index is 0.498. The van der Waals surface area contributed by atoms with Gasteiger partial charge in [0.1, 0.15) is 0 Å². The summed E-state index contributed by atoms with van der Waals surface area (Å²) in [5.41, 5.74) is 0. The van der Waals surface area contributed by atoms with Gasteiger partial charge in [-0.1, -0.05) is 0 Å². The van der Waals surface area contributed by atoms with E-state index >= 15 is 0 Å². The lowest BCUT2D eigenvalue weighted by atomic mass is 9.94. The lowest BCUT2D eigenvalue weighted by molar-refractivity contribution is 0.107. The van der Waals surface area contributed by atoms with Crippen molar-refractivity contribution in [3.63, 3.8) is 0 Å². The maximum absolute atomic E-state index is 5.38. The van der Waals surface area contributed by atoms with Gasteiger partial charge in [0.15, 0.2) is 0 Å². The van der Waals surface area contributed by atoms with E-state index in [-0.39, 0.29) is 0 Å². The fourth-order valence-electron chi connectivity index (χ4n) is 2.73. The van der Waals surface area contributed by atoms with Crippen molar-refractivity contribution in [2.45, 2.75) is 31.8 Å². The molecule has 2 rings (SSSR count). The van der Waals surface area contributed by atoms with Crippen LogP contribution >= 0.6 is 0 Å². The molecule has 0 aromatic carbocycles. The zero-order valence-corrected chi connectivity index (χ0v) is 9.87. The minimum absolute atomic E-state index is 0.498. The van der Waals surface area contributed by atoms with Crippen LogP contribution in [0, 0.1) is 5.92 Å². The summed E-state index contributed by atoms with van der Waals surface area (Å²) in [5.74, 6) is 0.966. The third-order valence-corrected chi connectivity index (χ3v) is 3.87. The quantitative estimate of drug-likeness (QED) is 0.755. The largest absolute Gasteiger partial charge is 0.380 e. The Balaban J connectivity index is 1.61. The minimum Gasteiger partial charge on any atom is -0.380 e. The molecule has 0 bridgehead atoms. The summed E-state index contributed by atoms with van der Waals surface area (Å²) < 4.78 is 5.38. The summed E-state index contributed by atoms with van der Waals surface area (Å²) in [4.78, 5) is 2.57. The second-order valence-corrected chi connectivity index (χ2v) is 4.93. The van der Waals surface area contributed by atoms with Crippen molar-refractivity contribution in [2.75, 3.05) is 39.8 Å². The lowest BCUT2D eigenvalue weighted by Crippen LogP contribution is -2.31. The maximum atomic E-state index is 5.38. The van der Waals surface area contributed by atoms with Crippen LogP contribution < -0.4 is 5.32 Å². The van der Waals surface area contributed by atoms with Gasteiger partial charge in [-0.3, -0.25) is 0 Å². The normalized spacial score (nSPS) is 29.8. The molecule has 0 radical (unpaired) electrons. The van der Waals surface area contributed by atoms with E-state index in [9.17, 15) is 0 Å². The zero-order valence-electron chi connectivity index (χ0n) is 9.87. The molecular weight excluding hydrogens is 188 g/mol. The van der Waals surface area contributed by atoms with Crippen LogP contribution in [0.15, 0.2) is 0 Å². The molecule has 0 unspecified atom stereocenters. The molecule has 2 saturated heterocycles. The summed E-state index contributed by atoms with van der Waals surface area (Å²) >= 11 is 0. The highest BCUT2D eigenvalue weighted by Gasteiger charge is 2.22. The lowest BCUT2D eigenvalue weighted by Gasteiger charge is -2.25. The summed E-state index contributed by atoms with van der Waals surface area (Å²) in [6.45, 7) is 6.13. The molecule has 88 valence electrons. The molecule has 2 aliphatic heterocycles. The number of piperidine rings is 1. The highest BCUT2D eigenvalue weighted by atomic mass is 16.5. The SMILES string of the molecule is CO[C@@H]1CCN(CCC2CCNCC2)C1. The molecule has 0 saturated carbocycles. The smallest absolute Gasteiger partial charge is 0.0710 e. The predicted octanol–water partition coefficient (Wildman–Crippen LogP) is 1.10. The molecular formula is C12H24N2O. The van der Waals surface area contributed by atoms with Gasteiger partial charge in [-0.15, -0.1) is 0 Å². The van der Waals surface area contributed by atoms with E-state index < -0.39 is 0 Å². The van der Waals surface area contributed by atoms with Gasteiger partial charge in [0, 0.05) is 20.2 Å². The molecule has 2 fully saturated rings. The Morgan fingerprint density at radius 3 is 2.73 bits per heavy atom. The Hall–Kier alpha value is -0.120. The molecule has 0 aromatic rings. The van der Waals surface area contributed by atoms with Gasteiger partial charge in [0.2, 0.25) is 0 Å². The first-order valence-electron chi connectivity index (χ1n) is 6.34. The third-order valence-electron chi connectivity index (χ3n) is 3.87. The summed E-state index contributed by atoms with van der Waals surface area (Å²) in [7, 11) is 1.83. The molecule has 0 aliphatic carbocycles. The van der Waals surface area contributed by atoms with Crippen LogP contribution in [0.2, 0.25) is 0 Å². The summed E-state index contributed by atoms with van der Waals surface area (Å²) in [6.07, 6.45) is 5.86. The van der Waals surface area contributed by atoms with E-state index in [1.165, 1.54) is 51.9 Å². The van der Waals surface area contributed by atoms with Crippen molar-refractivity contribution in [3.05, 3.63) is 0 Å². The van der Waals surface area contributed by atoms with Gasteiger partial charge in [0.25, 0.3) is 0 Å². The van der Waals surface area contributed by atoms with E-state index in [0.29, 0.717) is 6.10 Å². The second-order valence-electron chi connectivity index (χ2n) is 4.93. The molecule has 0 aromatic heterocycles. The van der Waals surface area contributed by atoms with Crippen LogP contribution in [0.1, 0.15) is 25.7 Å². The molecule has 1 N–H and O–H groups in total. The van der Waals surface area contributed by atoms with Crippen molar-refractivity contribution in [3.8, 4) is 0 Å². The third kappa shape index (κ3) is 3.44. The number of nitrogens with zero attached hydrogens (tertiary/aromatic N) is 1. The molecule has 2 heterocycles. The number of ether oxygens (including phenoxy) is 1. The van der Waals surface area contributed by atoms with Gasteiger partial charge >= 0.3 is 0 Å². The second kappa shape index (κ2) is 5.83. The van der Waals surface area contributed by atoms with Crippen molar-refractivity contribution < 1.29 is 4.74 Å². The summed E-state index contributed by atoms with van der Waals surface area (Å²) in [5, 5.41) is 3.43. The van der Waals surface area contributed by atoms with E-state index in [1.54, 1.807) is 0 Å². The fourth-order valence-corrected chi connectivity index (χ4v) is 2.73. The number of likely N-dealkylation sites (tertiary alicyclic amines) is 1. The van der Waals surface area contributed by atoms with Crippen LogP contribution in [0.3, 0.4) is 0 Å². The van der Waals surface area contributed by atoms with Gasteiger partial charge in [-0.25, -0.2) is 0 Å². The van der Waals surface area contributed by atoms with Crippen molar-refractivity contribution >= 4 is 0 Å². The zero-order chi connectivity index (χ0) is 10.5. The van der Waals surface area contributed by atoms with Gasteiger partial charge in [0.05, 0.1) is 6.10 Å². The Bertz CT molecular complexity index is 180. The highest BCUT2D eigenvalue weighted by Crippen LogP contribution is 2.18. The number of rotatable bonds is 4. The average Bonchev–Trinajstić information content (AvgIpc) is 2.76. The van der Waals surface area contributed by atoms with Crippen LogP contribution in [0.4, 0.5) is 0 Å². The first kappa shape index (κ1) is 11.4. The average molecular weight is 212 g/mol. The highest BCUT2D eigenvalue weighted by molar-refractivity contribution is 4.77. The molecule has 15 heavy (non-hydrogen) atoms. The number of hydrogen-bond acceptors (Lipinski definition) is 3. The van der Waals surface area contributed by atoms with Crippen molar-refractivity contribution in [2.24, 2.45) is 5.92 Å². The van der Waals surface area contributed by atoms with E-state index in [4.69, 9.17) is 4.74 Å². The Kier molecular flexibility index (Phi) is 4.42. The van der Waals surface area contributed by atoms with Crippen molar-refractivity contribution in [1.29, 1.82) is 0 Å². The van der Waals surface area contributed by atoms with Gasteiger partial charge in [-0.05, 0) is 51.2 Å². The summed E-state index contributed by atoms with van der Waals surface area (Å²) in [6, 6.07) is 0. The maximum Gasteiger partial charge on any atom is 0.0710 e. The van der Waals surface area contributed by atoms with E-state index in [2.05, 4.69) is 10.2 Å². The topological polar surface area (TPSA) is 24.5 Å². The van der Waals surface area contributed by atoms with Crippen molar-refractivity contribution in [1.82, 2.24) is 10.2 Å². The molecule has 2 aliphatic rings. The van der Waals surface area contributed by atoms with Crippen LogP contribution in [-0.4, -0.2) is 50.8 Å². The van der Waals surface area contributed by atoms with Gasteiger partial charge in [-0.2, -0.15) is 0 Å². The fraction of sp³-hybridized carbons (Fsp3) is 1.00. The molecule has 0 spiro atoms. The number of nitrogens with one attached hydrogen (secondary N) is 1. The number of methoxy groups -OCH3 is 1. The Labute approximate surface area is 93.2 Å². The van der Waals surface area contributed by atoms with Crippen LogP contribution in [0.5, 0.6) is 0 Å². The Morgan fingerprint density at radius 1 is 1.27 bits per heavy atom. The molecule has 1 atom stereocenters. The van der Waals surface area contributed by atoms with E-state index in [0.717, 1.165) is 12.5 Å². The van der Waals surface area contributed by atoms with Crippen LogP contribution in [0.25, 0.3) is 0 Å². The van der Waals surface area contributed by atoms with Gasteiger partial charge < -0.3 is 15.0 Å². The first-order chi connectivity index (χ1) is 7.38.